The van der Waals surface area contributed by atoms with Gasteiger partial charge in [0, 0.05) is 14.9 Å². The van der Waals surface area contributed by atoms with Gasteiger partial charge in [-0.3, -0.25) is 0 Å². The third-order valence-corrected chi connectivity index (χ3v) is 3.12. The van der Waals surface area contributed by atoms with Crippen LogP contribution in [-0.4, -0.2) is 17.1 Å². The molecule has 2 aromatic rings. The molecule has 0 spiro atoms. The quantitative estimate of drug-likeness (QED) is 0.710. The second-order valence-electron chi connectivity index (χ2n) is 3.98. The number of carbonyl (C=O) groups excluding carboxylic acids is 1. The van der Waals surface area contributed by atoms with Crippen LogP contribution in [0.2, 0.25) is 0 Å². The first kappa shape index (κ1) is 14.3. The Bertz CT molecular complexity index is 658. The van der Waals surface area contributed by atoms with E-state index in [2.05, 4.69) is 33.2 Å². The van der Waals surface area contributed by atoms with Crippen molar-refractivity contribution in [2.24, 2.45) is 0 Å². The maximum atomic E-state index is 11.8. The van der Waals surface area contributed by atoms with Crippen molar-refractivity contribution in [3.63, 3.8) is 0 Å². The number of carboxylic acids is 1. The standard InChI is InChI=1S/C14H11IN2O3/c15-10-4-2-6-12(8-10)17-14(20)16-11-5-1-3-9(7-11)13(18)19/h1-8H,(H,18,19)(H2,16,17,20). The summed E-state index contributed by atoms with van der Waals surface area (Å²) in [4.78, 5) is 22.6. The summed E-state index contributed by atoms with van der Waals surface area (Å²) in [7, 11) is 0. The first-order valence-corrected chi connectivity index (χ1v) is 6.79. The van der Waals surface area contributed by atoms with E-state index in [0.717, 1.165) is 3.57 Å². The minimum Gasteiger partial charge on any atom is -0.478 e. The average molecular weight is 382 g/mol. The van der Waals surface area contributed by atoms with Crippen LogP contribution in [0.5, 0.6) is 0 Å². The van der Waals surface area contributed by atoms with Crippen molar-refractivity contribution in [3.05, 3.63) is 57.7 Å². The van der Waals surface area contributed by atoms with Crippen molar-refractivity contribution in [1.29, 1.82) is 0 Å². The van der Waals surface area contributed by atoms with Gasteiger partial charge in [0.1, 0.15) is 0 Å². The summed E-state index contributed by atoms with van der Waals surface area (Å²) in [6.07, 6.45) is 0. The number of aromatic carboxylic acids is 1. The largest absolute Gasteiger partial charge is 0.478 e. The van der Waals surface area contributed by atoms with Gasteiger partial charge in [-0.2, -0.15) is 0 Å². The highest BCUT2D eigenvalue weighted by Gasteiger charge is 2.06. The van der Waals surface area contributed by atoms with E-state index in [1.165, 1.54) is 12.1 Å². The van der Waals surface area contributed by atoms with Crippen molar-refractivity contribution in [1.82, 2.24) is 0 Å². The molecule has 0 aliphatic rings. The Kier molecular flexibility index (Phi) is 4.57. The Morgan fingerprint density at radius 3 is 2.15 bits per heavy atom. The van der Waals surface area contributed by atoms with Crippen molar-refractivity contribution in [2.75, 3.05) is 10.6 Å². The molecule has 0 radical (unpaired) electrons. The zero-order valence-electron chi connectivity index (χ0n) is 10.3. The summed E-state index contributed by atoms with van der Waals surface area (Å²) in [5.41, 5.74) is 1.22. The Hall–Kier alpha value is -2.09. The van der Waals surface area contributed by atoms with Crippen LogP contribution in [0.15, 0.2) is 48.5 Å². The molecule has 0 fully saturated rings. The van der Waals surface area contributed by atoms with Gasteiger partial charge in [-0.05, 0) is 59.0 Å². The number of rotatable bonds is 3. The Morgan fingerprint density at radius 1 is 0.950 bits per heavy atom. The SMILES string of the molecule is O=C(Nc1cccc(I)c1)Nc1cccc(C(=O)O)c1. The van der Waals surface area contributed by atoms with Crippen molar-refractivity contribution in [3.8, 4) is 0 Å². The van der Waals surface area contributed by atoms with E-state index in [-0.39, 0.29) is 5.56 Å². The predicted octanol–water partition coefficient (Wildman–Crippen LogP) is 3.63. The third kappa shape index (κ3) is 3.95. The fourth-order valence-corrected chi connectivity index (χ4v) is 2.13. The number of carboxylic acid groups (broad SMARTS) is 1. The van der Waals surface area contributed by atoms with Crippen LogP contribution >= 0.6 is 22.6 Å². The fraction of sp³-hybridized carbons (Fsp3) is 0. The van der Waals surface area contributed by atoms with Gasteiger partial charge >= 0.3 is 12.0 Å². The van der Waals surface area contributed by atoms with Crippen molar-refractivity contribution >= 4 is 46.0 Å². The van der Waals surface area contributed by atoms with E-state index >= 15 is 0 Å². The van der Waals surface area contributed by atoms with Crippen LogP contribution in [0.25, 0.3) is 0 Å². The maximum Gasteiger partial charge on any atom is 0.335 e. The average Bonchev–Trinajstić information content (AvgIpc) is 2.38. The molecule has 0 unspecified atom stereocenters. The molecule has 0 heterocycles. The molecule has 2 rings (SSSR count). The zero-order chi connectivity index (χ0) is 14.5. The number of halogens is 1. The van der Waals surface area contributed by atoms with Crippen LogP contribution in [0.4, 0.5) is 16.2 Å². The summed E-state index contributed by atoms with van der Waals surface area (Å²) < 4.78 is 1.01. The molecule has 0 aliphatic carbocycles. The number of urea groups is 1. The number of benzene rings is 2. The monoisotopic (exact) mass is 382 g/mol. The molecule has 0 aromatic heterocycles. The lowest BCUT2D eigenvalue weighted by Crippen LogP contribution is -2.19. The predicted molar refractivity (Wildman–Crippen MR) is 85.2 cm³/mol. The molecule has 0 saturated carbocycles. The highest BCUT2D eigenvalue weighted by atomic mass is 127. The number of hydrogen-bond acceptors (Lipinski definition) is 2. The highest BCUT2D eigenvalue weighted by molar-refractivity contribution is 14.1. The molecular formula is C14H11IN2O3. The van der Waals surface area contributed by atoms with Gasteiger partial charge in [0.2, 0.25) is 0 Å². The van der Waals surface area contributed by atoms with Gasteiger partial charge < -0.3 is 15.7 Å². The van der Waals surface area contributed by atoms with Gasteiger partial charge in [0.05, 0.1) is 5.56 Å². The first-order valence-electron chi connectivity index (χ1n) is 5.71. The molecule has 2 amide bonds. The molecule has 20 heavy (non-hydrogen) atoms. The Morgan fingerprint density at radius 2 is 1.55 bits per heavy atom. The van der Waals surface area contributed by atoms with E-state index in [0.29, 0.717) is 11.4 Å². The van der Waals surface area contributed by atoms with Crippen LogP contribution in [0.1, 0.15) is 10.4 Å². The van der Waals surface area contributed by atoms with E-state index in [1.807, 2.05) is 18.2 Å². The molecule has 102 valence electrons. The molecule has 0 bridgehead atoms. The fourth-order valence-electron chi connectivity index (χ4n) is 1.59. The van der Waals surface area contributed by atoms with E-state index < -0.39 is 12.0 Å². The minimum absolute atomic E-state index is 0.122. The van der Waals surface area contributed by atoms with Gasteiger partial charge in [-0.25, -0.2) is 9.59 Å². The molecular weight excluding hydrogens is 371 g/mol. The molecule has 6 heteroatoms. The lowest BCUT2D eigenvalue weighted by Gasteiger charge is -2.08. The number of hydrogen-bond donors (Lipinski definition) is 3. The smallest absolute Gasteiger partial charge is 0.335 e. The molecule has 0 saturated heterocycles. The van der Waals surface area contributed by atoms with E-state index in [1.54, 1.807) is 18.2 Å². The molecule has 0 aliphatic heterocycles. The van der Waals surface area contributed by atoms with Crippen molar-refractivity contribution < 1.29 is 14.7 Å². The lowest BCUT2D eigenvalue weighted by atomic mass is 10.2. The Labute approximate surface area is 129 Å². The number of carbonyl (C=O) groups is 2. The minimum atomic E-state index is -1.04. The molecule has 3 N–H and O–H groups in total. The summed E-state index contributed by atoms with van der Waals surface area (Å²) in [6, 6.07) is 13.0. The van der Waals surface area contributed by atoms with Crippen molar-refractivity contribution in [2.45, 2.75) is 0 Å². The number of nitrogens with one attached hydrogen (secondary N) is 2. The van der Waals surface area contributed by atoms with Crippen LogP contribution < -0.4 is 10.6 Å². The van der Waals surface area contributed by atoms with Gasteiger partial charge in [-0.15, -0.1) is 0 Å². The summed E-state index contributed by atoms with van der Waals surface area (Å²) in [5, 5.41) is 14.1. The van der Waals surface area contributed by atoms with E-state index in [9.17, 15) is 9.59 Å². The third-order valence-electron chi connectivity index (χ3n) is 2.45. The highest BCUT2D eigenvalue weighted by Crippen LogP contribution is 2.14. The molecule has 5 nitrogen and oxygen atoms in total. The number of amides is 2. The summed E-state index contributed by atoms with van der Waals surface area (Å²) in [6.45, 7) is 0. The van der Waals surface area contributed by atoms with Crippen LogP contribution in [-0.2, 0) is 0 Å². The van der Waals surface area contributed by atoms with Gasteiger partial charge in [-0.1, -0.05) is 12.1 Å². The Balaban J connectivity index is 2.04. The maximum absolute atomic E-state index is 11.8. The molecule has 0 atom stereocenters. The normalized spacial score (nSPS) is 9.85. The van der Waals surface area contributed by atoms with E-state index in [4.69, 9.17) is 5.11 Å². The molecule has 2 aromatic carbocycles. The zero-order valence-corrected chi connectivity index (χ0v) is 12.4. The lowest BCUT2D eigenvalue weighted by molar-refractivity contribution is 0.0697. The topological polar surface area (TPSA) is 78.4 Å². The summed E-state index contributed by atoms with van der Waals surface area (Å²) in [5.74, 6) is -1.04. The van der Waals surface area contributed by atoms with Gasteiger partial charge in [0.15, 0.2) is 0 Å². The second kappa shape index (κ2) is 6.38. The van der Waals surface area contributed by atoms with Gasteiger partial charge in [0.25, 0.3) is 0 Å². The van der Waals surface area contributed by atoms with Crippen LogP contribution in [0.3, 0.4) is 0 Å². The summed E-state index contributed by atoms with van der Waals surface area (Å²) >= 11 is 2.15. The second-order valence-corrected chi connectivity index (χ2v) is 5.22. The number of anilines is 2. The van der Waals surface area contributed by atoms with Crippen LogP contribution in [0, 0.1) is 3.57 Å². The first-order chi connectivity index (χ1) is 9.54.